The lowest BCUT2D eigenvalue weighted by molar-refractivity contribution is 0.0238. The highest BCUT2D eigenvalue weighted by Crippen LogP contribution is 2.34. The van der Waals surface area contributed by atoms with Crippen molar-refractivity contribution < 1.29 is 14.9 Å². The Kier molecular flexibility index (Phi) is 2.87. The van der Waals surface area contributed by atoms with Crippen LogP contribution in [0.25, 0.3) is 11.2 Å². The minimum Gasteiger partial charge on any atom is -0.479 e. The van der Waals surface area contributed by atoms with Crippen LogP contribution in [0, 0.1) is 6.92 Å². The molecule has 0 spiro atoms. The minimum atomic E-state index is -0.794. The molecule has 1 saturated carbocycles. The zero-order valence-corrected chi connectivity index (χ0v) is 10.8. The van der Waals surface area contributed by atoms with Gasteiger partial charge in [0.25, 0.3) is 0 Å². The third-order valence-corrected chi connectivity index (χ3v) is 3.69. The third-order valence-electron chi connectivity index (χ3n) is 3.69. The van der Waals surface area contributed by atoms with Crippen LogP contribution in [-0.4, -0.2) is 49.0 Å². The van der Waals surface area contributed by atoms with Crippen molar-refractivity contribution in [3.8, 4) is 5.88 Å². The summed E-state index contributed by atoms with van der Waals surface area (Å²) in [7, 11) is 1.53. The van der Waals surface area contributed by atoms with E-state index in [9.17, 15) is 10.2 Å². The first kappa shape index (κ1) is 12.3. The summed E-state index contributed by atoms with van der Waals surface area (Å²) >= 11 is 0. The van der Waals surface area contributed by atoms with Crippen molar-refractivity contribution in [1.29, 1.82) is 0 Å². The SMILES string of the molecule is COc1ncnc2c1nc(C)n2[C@@H]1CC[C@@H](O)[C@H]1O. The Hall–Kier alpha value is -1.73. The number of rotatable bonds is 2. The van der Waals surface area contributed by atoms with E-state index in [-0.39, 0.29) is 6.04 Å². The monoisotopic (exact) mass is 264 g/mol. The fourth-order valence-corrected chi connectivity index (χ4v) is 2.76. The molecule has 3 atom stereocenters. The number of fused-ring (bicyclic) bond motifs is 1. The number of methoxy groups -OCH3 is 1. The lowest BCUT2D eigenvalue weighted by Crippen LogP contribution is -2.27. The van der Waals surface area contributed by atoms with Crippen molar-refractivity contribution in [2.75, 3.05) is 7.11 Å². The Morgan fingerprint density at radius 3 is 2.74 bits per heavy atom. The van der Waals surface area contributed by atoms with Crippen LogP contribution in [0.2, 0.25) is 0 Å². The quantitative estimate of drug-likeness (QED) is 0.805. The number of aromatic nitrogens is 4. The van der Waals surface area contributed by atoms with E-state index in [0.717, 1.165) is 5.82 Å². The van der Waals surface area contributed by atoms with Gasteiger partial charge in [-0.05, 0) is 19.8 Å². The number of hydrogen-bond acceptors (Lipinski definition) is 6. The zero-order chi connectivity index (χ0) is 13.6. The van der Waals surface area contributed by atoms with E-state index in [1.165, 1.54) is 13.4 Å². The van der Waals surface area contributed by atoms with E-state index in [1.54, 1.807) is 0 Å². The van der Waals surface area contributed by atoms with E-state index in [4.69, 9.17) is 4.74 Å². The highest BCUT2D eigenvalue weighted by Gasteiger charge is 2.36. The molecule has 2 aromatic rings. The van der Waals surface area contributed by atoms with Crippen LogP contribution in [-0.2, 0) is 0 Å². The predicted octanol–water partition coefficient (Wildman–Crippen LogP) is 0.200. The van der Waals surface area contributed by atoms with Crippen molar-refractivity contribution >= 4 is 11.2 Å². The van der Waals surface area contributed by atoms with Crippen molar-refractivity contribution in [2.45, 2.75) is 38.0 Å². The lowest BCUT2D eigenvalue weighted by atomic mass is 10.2. The van der Waals surface area contributed by atoms with Gasteiger partial charge in [0.15, 0.2) is 11.2 Å². The second-order valence-electron chi connectivity index (χ2n) is 4.79. The van der Waals surface area contributed by atoms with Gasteiger partial charge in [0, 0.05) is 0 Å². The highest BCUT2D eigenvalue weighted by molar-refractivity contribution is 5.76. The Morgan fingerprint density at radius 2 is 2.11 bits per heavy atom. The van der Waals surface area contributed by atoms with Gasteiger partial charge in [-0.3, -0.25) is 0 Å². The van der Waals surface area contributed by atoms with Crippen LogP contribution < -0.4 is 4.74 Å². The maximum Gasteiger partial charge on any atom is 0.245 e. The first-order valence-corrected chi connectivity index (χ1v) is 6.23. The van der Waals surface area contributed by atoms with Gasteiger partial charge < -0.3 is 19.5 Å². The van der Waals surface area contributed by atoms with E-state index < -0.39 is 12.2 Å². The summed E-state index contributed by atoms with van der Waals surface area (Å²) in [6, 6.07) is -0.209. The summed E-state index contributed by atoms with van der Waals surface area (Å²) in [4.78, 5) is 12.7. The van der Waals surface area contributed by atoms with E-state index in [0.29, 0.717) is 29.9 Å². The van der Waals surface area contributed by atoms with Gasteiger partial charge in [0.05, 0.1) is 19.3 Å². The van der Waals surface area contributed by atoms with Crippen LogP contribution in [0.15, 0.2) is 6.33 Å². The van der Waals surface area contributed by atoms with Gasteiger partial charge in [-0.2, -0.15) is 4.98 Å². The van der Waals surface area contributed by atoms with Crippen molar-refractivity contribution in [2.24, 2.45) is 0 Å². The van der Waals surface area contributed by atoms with Gasteiger partial charge in [-0.15, -0.1) is 0 Å². The van der Waals surface area contributed by atoms with Gasteiger partial charge in [-0.1, -0.05) is 0 Å². The van der Waals surface area contributed by atoms with Crippen LogP contribution in [0.4, 0.5) is 0 Å². The summed E-state index contributed by atoms with van der Waals surface area (Å²) in [5.41, 5.74) is 1.21. The lowest BCUT2D eigenvalue weighted by Gasteiger charge is -2.19. The van der Waals surface area contributed by atoms with Crippen LogP contribution in [0.3, 0.4) is 0 Å². The largest absolute Gasteiger partial charge is 0.479 e. The molecule has 0 radical (unpaired) electrons. The molecule has 7 heteroatoms. The molecule has 3 rings (SSSR count). The minimum absolute atomic E-state index is 0.209. The van der Waals surface area contributed by atoms with Gasteiger partial charge in [0.2, 0.25) is 5.88 Å². The molecule has 0 saturated heterocycles. The number of aliphatic hydroxyl groups is 2. The third kappa shape index (κ3) is 1.77. The molecule has 1 fully saturated rings. The molecule has 2 heterocycles. The van der Waals surface area contributed by atoms with Crippen LogP contribution >= 0.6 is 0 Å². The number of aliphatic hydroxyl groups excluding tert-OH is 2. The zero-order valence-electron chi connectivity index (χ0n) is 10.8. The molecule has 0 unspecified atom stereocenters. The average molecular weight is 264 g/mol. The number of hydrogen-bond donors (Lipinski definition) is 2. The maximum absolute atomic E-state index is 10.1. The topological polar surface area (TPSA) is 93.3 Å². The molecule has 102 valence electrons. The summed E-state index contributed by atoms with van der Waals surface area (Å²) in [6.45, 7) is 1.85. The number of nitrogens with zero attached hydrogens (tertiary/aromatic N) is 4. The van der Waals surface area contributed by atoms with Gasteiger partial charge >= 0.3 is 0 Å². The molecule has 1 aliphatic rings. The molecule has 1 aliphatic carbocycles. The molecular formula is C12H16N4O3. The van der Waals surface area contributed by atoms with E-state index in [1.807, 2.05) is 11.5 Å². The van der Waals surface area contributed by atoms with Crippen molar-refractivity contribution in [3.05, 3.63) is 12.2 Å². The normalized spacial score (nSPS) is 27.1. The molecule has 0 bridgehead atoms. The average Bonchev–Trinajstić information content (AvgIpc) is 2.90. The first-order valence-electron chi connectivity index (χ1n) is 6.23. The van der Waals surface area contributed by atoms with Crippen molar-refractivity contribution in [1.82, 2.24) is 19.5 Å². The molecule has 19 heavy (non-hydrogen) atoms. The predicted molar refractivity (Wildman–Crippen MR) is 66.9 cm³/mol. The summed E-state index contributed by atoms with van der Waals surface area (Å²) in [5.74, 6) is 1.15. The Bertz CT molecular complexity index is 612. The van der Waals surface area contributed by atoms with Crippen LogP contribution in [0.5, 0.6) is 5.88 Å². The summed E-state index contributed by atoms with van der Waals surface area (Å²) in [5, 5.41) is 19.8. The molecule has 7 nitrogen and oxygen atoms in total. The highest BCUT2D eigenvalue weighted by atomic mass is 16.5. The fourth-order valence-electron chi connectivity index (χ4n) is 2.76. The van der Waals surface area contributed by atoms with Crippen molar-refractivity contribution in [3.63, 3.8) is 0 Å². The summed E-state index contributed by atoms with van der Waals surface area (Å²) < 4.78 is 7.03. The molecule has 2 aromatic heterocycles. The molecule has 0 aromatic carbocycles. The number of imidazole rings is 1. The molecule has 0 amide bonds. The first-order chi connectivity index (χ1) is 9.13. The maximum atomic E-state index is 10.1. The fraction of sp³-hybridized carbons (Fsp3) is 0.583. The van der Waals surface area contributed by atoms with Crippen LogP contribution in [0.1, 0.15) is 24.7 Å². The number of aryl methyl sites for hydroxylation is 1. The Morgan fingerprint density at radius 1 is 1.32 bits per heavy atom. The molecule has 0 aliphatic heterocycles. The van der Waals surface area contributed by atoms with E-state index in [2.05, 4.69) is 15.0 Å². The Labute approximate surface area is 109 Å². The van der Waals surface area contributed by atoms with Gasteiger partial charge in [0.1, 0.15) is 18.3 Å². The second kappa shape index (κ2) is 4.43. The second-order valence-corrected chi connectivity index (χ2v) is 4.79. The van der Waals surface area contributed by atoms with Gasteiger partial charge in [-0.25, -0.2) is 9.97 Å². The molecular weight excluding hydrogens is 248 g/mol. The number of ether oxygens (including phenoxy) is 1. The summed E-state index contributed by atoms with van der Waals surface area (Å²) in [6.07, 6.45) is 1.20. The van der Waals surface area contributed by atoms with E-state index >= 15 is 0 Å². The standard InChI is InChI=1S/C12H16N4O3/c1-6-15-9-11(13-5-14-12(9)19-2)16(6)7-3-4-8(17)10(7)18/h5,7-8,10,17-18H,3-4H2,1-2H3/t7-,8-,10+/m1/s1. The smallest absolute Gasteiger partial charge is 0.245 e. The molecule has 2 N–H and O–H groups in total. The Balaban J connectivity index is 2.16.